The Morgan fingerprint density at radius 3 is 1.52 bits per heavy atom. The van der Waals surface area contributed by atoms with Crippen molar-refractivity contribution >= 4 is 68.2 Å². The molecule has 0 amide bonds. The number of aromatic nitrogens is 2. The van der Waals surface area contributed by atoms with Crippen molar-refractivity contribution in [3.63, 3.8) is 0 Å². The maximum Gasteiger partial charge on any atom is 0.0643 e. The molecule has 2 aromatic heterocycles. The zero-order valence-electron chi connectivity index (χ0n) is 25.7. The largest absolute Gasteiger partial charge is 0.350 e. The maximum absolute atomic E-state index is 6.47. The monoisotopic (exact) mass is 664 g/mol. The second-order valence-electron chi connectivity index (χ2n) is 11.5. The van der Waals surface area contributed by atoms with Gasteiger partial charge in [-0.2, -0.15) is 0 Å². The summed E-state index contributed by atoms with van der Waals surface area (Å²) in [5, 5.41) is 5.04. The topological polar surface area (TPSA) is 16.3 Å². The minimum absolute atomic E-state index is 0.0531. The molecule has 0 aliphatic carbocycles. The average Bonchev–Trinajstić information content (AvgIpc) is 3.49. The van der Waals surface area contributed by atoms with Crippen LogP contribution in [-0.4, -0.2) is 47.1 Å². The van der Waals surface area contributed by atoms with Gasteiger partial charge < -0.3 is 9.13 Å². The van der Waals surface area contributed by atoms with Gasteiger partial charge in [-0.25, -0.2) is 0 Å². The first-order valence-electron chi connectivity index (χ1n) is 14.3. The second-order valence-corrected chi connectivity index (χ2v) is 13.1. The van der Waals surface area contributed by atoms with E-state index in [1.807, 2.05) is 30.3 Å². The van der Waals surface area contributed by atoms with E-state index in [-0.39, 0.29) is 12.1 Å². The molecule has 8 heteroatoms. The number of fused-ring (bicyclic) bond motifs is 2. The molecule has 4 aromatic carbocycles. The van der Waals surface area contributed by atoms with Gasteiger partial charge in [-0.15, -0.1) is 0 Å². The molecule has 0 fully saturated rings. The van der Waals surface area contributed by atoms with E-state index in [0.29, 0.717) is 20.1 Å². The Morgan fingerprint density at radius 1 is 0.523 bits per heavy atom. The lowest BCUT2D eigenvalue weighted by Crippen LogP contribution is -2.21. The van der Waals surface area contributed by atoms with E-state index in [1.165, 1.54) is 32.9 Å². The highest BCUT2D eigenvalue weighted by atomic mass is 35.5. The van der Waals surface area contributed by atoms with E-state index >= 15 is 0 Å². The molecule has 0 radical (unpaired) electrons. The summed E-state index contributed by atoms with van der Waals surface area (Å²) in [5.74, 6) is 0. The maximum atomic E-state index is 6.47. The van der Waals surface area contributed by atoms with Gasteiger partial charge in [0.1, 0.15) is 0 Å². The molecule has 4 nitrogen and oxygen atoms in total. The number of para-hydroxylation sites is 2. The number of aryl methyl sites for hydroxylation is 2. The molecule has 0 spiro atoms. The quantitative estimate of drug-likeness (QED) is 0.176. The van der Waals surface area contributed by atoms with Gasteiger partial charge in [-0.1, -0.05) is 101 Å². The summed E-state index contributed by atoms with van der Waals surface area (Å²) in [6, 6.07) is 28.5. The fourth-order valence-corrected chi connectivity index (χ4v) is 7.01. The molecule has 6 rings (SSSR count). The highest BCUT2D eigenvalue weighted by Gasteiger charge is 2.25. The van der Waals surface area contributed by atoms with Gasteiger partial charge in [0.05, 0.1) is 22.1 Å². The van der Waals surface area contributed by atoms with Crippen molar-refractivity contribution in [1.82, 2.24) is 18.9 Å². The number of hydrogen-bond acceptors (Lipinski definition) is 2. The summed E-state index contributed by atoms with van der Waals surface area (Å²) in [5.41, 5.74) is 6.99. The normalized spacial score (nSPS) is 13.0. The van der Waals surface area contributed by atoms with E-state index in [1.54, 1.807) is 6.07 Å². The highest BCUT2D eigenvalue weighted by molar-refractivity contribution is 6.42. The molecule has 0 bridgehead atoms. The Balaban J connectivity index is 0.000000175. The van der Waals surface area contributed by atoms with Crippen LogP contribution < -0.4 is 0 Å². The summed E-state index contributed by atoms with van der Waals surface area (Å²) in [6.45, 7) is 0. The minimum Gasteiger partial charge on any atom is -0.350 e. The van der Waals surface area contributed by atoms with E-state index in [0.717, 1.165) is 11.1 Å². The third kappa shape index (κ3) is 6.39. The Hall–Kier alpha value is -2.96. The van der Waals surface area contributed by atoms with Crippen molar-refractivity contribution in [2.45, 2.75) is 12.1 Å². The van der Waals surface area contributed by atoms with E-state index in [4.69, 9.17) is 46.4 Å². The van der Waals surface area contributed by atoms with Crippen molar-refractivity contribution in [2.24, 2.45) is 14.1 Å². The summed E-state index contributed by atoms with van der Waals surface area (Å²) in [6.07, 6.45) is 4.35. The number of nitrogens with zero attached hydrogens (tertiary/aromatic N) is 4. The molecule has 44 heavy (non-hydrogen) atoms. The van der Waals surface area contributed by atoms with E-state index < -0.39 is 0 Å². The molecule has 0 aliphatic rings. The number of hydrogen-bond donors (Lipinski definition) is 0. The Kier molecular flexibility index (Phi) is 10.0. The highest BCUT2D eigenvalue weighted by Crippen LogP contribution is 2.39. The van der Waals surface area contributed by atoms with Crippen LogP contribution >= 0.6 is 46.4 Å². The van der Waals surface area contributed by atoms with Gasteiger partial charge in [0, 0.05) is 58.3 Å². The standard InChI is InChI=1S/2C18H18Cl2N2/c1-21(2)18(13-8-6-9-15(19)17(13)20)14-11-22(3)16-10-5-4-7-12(14)16;1-21(2)18(14-9-8-12(19)10-16(14)20)15-11-22(3)17-7-5-4-6-13(15)17/h2*4-11,18H,1-3H3. The third-order valence-electron chi connectivity index (χ3n) is 8.01. The lowest BCUT2D eigenvalue weighted by molar-refractivity contribution is 0.344. The molecule has 228 valence electrons. The first kappa shape index (κ1) is 32.4. The van der Waals surface area contributed by atoms with Crippen LogP contribution in [0.25, 0.3) is 21.8 Å². The van der Waals surface area contributed by atoms with Gasteiger partial charge in [0.25, 0.3) is 0 Å². The predicted molar refractivity (Wildman–Crippen MR) is 190 cm³/mol. The van der Waals surface area contributed by atoms with Crippen LogP contribution in [0.3, 0.4) is 0 Å². The summed E-state index contributed by atoms with van der Waals surface area (Å²) in [4.78, 5) is 4.34. The minimum atomic E-state index is 0.0531. The van der Waals surface area contributed by atoms with Gasteiger partial charge in [-0.05, 0) is 80.8 Å². The average molecular weight is 667 g/mol. The molecule has 0 N–H and O–H groups in total. The molecule has 0 aliphatic heterocycles. The first-order valence-corrected chi connectivity index (χ1v) is 15.8. The van der Waals surface area contributed by atoms with Gasteiger partial charge in [-0.3, -0.25) is 9.80 Å². The van der Waals surface area contributed by atoms with Crippen LogP contribution in [0, 0.1) is 0 Å². The van der Waals surface area contributed by atoms with Crippen molar-refractivity contribution in [3.05, 3.63) is 140 Å². The van der Waals surface area contributed by atoms with Crippen LogP contribution in [0.15, 0.2) is 97.3 Å². The lowest BCUT2D eigenvalue weighted by atomic mass is 9.97. The predicted octanol–water partition coefficient (Wildman–Crippen LogP) is 10.3. The molecular weight excluding hydrogens is 630 g/mol. The summed E-state index contributed by atoms with van der Waals surface area (Å²) in [7, 11) is 12.4. The van der Waals surface area contributed by atoms with E-state index in [2.05, 4.69) is 122 Å². The number of rotatable bonds is 6. The van der Waals surface area contributed by atoms with Crippen LogP contribution in [-0.2, 0) is 14.1 Å². The van der Waals surface area contributed by atoms with Crippen LogP contribution in [0.4, 0.5) is 0 Å². The second kappa shape index (κ2) is 13.6. The fraction of sp³-hybridized carbons (Fsp3) is 0.222. The molecule has 0 saturated carbocycles. The molecule has 0 saturated heterocycles. The van der Waals surface area contributed by atoms with E-state index in [9.17, 15) is 0 Å². The summed E-state index contributed by atoms with van der Waals surface area (Å²) >= 11 is 25.2. The van der Waals surface area contributed by atoms with Crippen LogP contribution in [0.5, 0.6) is 0 Å². The van der Waals surface area contributed by atoms with Crippen LogP contribution in [0.1, 0.15) is 34.3 Å². The Morgan fingerprint density at radius 2 is 1.02 bits per heavy atom. The smallest absolute Gasteiger partial charge is 0.0643 e. The van der Waals surface area contributed by atoms with Crippen molar-refractivity contribution < 1.29 is 0 Å². The van der Waals surface area contributed by atoms with Crippen molar-refractivity contribution in [2.75, 3.05) is 28.2 Å². The lowest BCUT2D eigenvalue weighted by Gasteiger charge is -2.26. The van der Waals surface area contributed by atoms with Gasteiger partial charge in [0.15, 0.2) is 0 Å². The number of halogens is 4. The zero-order valence-corrected chi connectivity index (χ0v) is 28.7. The fourth-order valence-electron chi connectivity index (χ4n) is 6.08. The molecule has 2 atom stereocenters. The number of benzene rings is 4. The first-order chi connectivity index (χ1) is 21.0. The van der Waals surface area contributed by atoms with Crippen molar-refractivity contribution in [3.8, 4) is 0 Å². The SMILES string of the molecule is CN(C)C(c1ccc(Cl)cc1Cl)c1cn(C)c2ccccc12.CN(C)C(c1cccc(Cl)c1Cl)c1cn(C)c2ccccc12. The van der Waals surface area contributed by atoms with Crippen LogP contribution in [0.2, 0.25) is 20.1 Å². The van der Waals surface area contributed by atoms with Crippen molar-refractivity contribution in [1.29, 1.82) is 0 Å². The Labute approximate surface area is 279 Å². The zero-order chi connectivity index (χ0) is 31.7. The molecule has 2 heterocycles. The molecule has 2 unspecified atom stereocenters. The third-order valence-corrected chi connectivity index (χ3v) is 9.41. The Bertz CT molecular complexity index is 1920. The molecule has 6 aromatic rings. The van der Waals surface area contributed by atoms with Gasteiger partial charge in [0.2, 0.25) is 0 Å². The van der Waals surface area contributed by atoms with Gasteiger partial charge >= 0.3 is 0 Å². The summed E-state index contributed by atoms with van der Waals surface area (Å²) < 4.78 is 4.31. The molecular formula is C36H36Cl4N4.